The van der Waals surface area contributed by atoms with Crippen molar-refractivity contribution in [1.29, 1.82) is 0 Å². The molecular formula is C17H17N5O. The van der Waals surface area contributed by atoms with Crippen LogP contribution in [-0.4, -0.2) is 25.7 Å². The lowest BCUT2D eigenvalue weighted by molar-refractivity contribution is -0.126. The molecule has 116 valence electrons. The van der Waals surface area contributed by atoms with E-state index < -0.39 is 0 Å². The van der Waals surface area contributed by atoms with Crippen molar-refractivity contribution in [3.05, 3.63) is 54.2 Å². The molecule has 0 aliphatic carbocycles. The predicted octanol–water partition coefficient (Wildman–Crippen LogP) is 1.71. The highest BCUT2D eigenvalue weighted by molar-refractivity contribution is 5.80. The number of amides is 1. The third-order valence-corrected chi connectivity index (χ3v) is 4.29. The molecule has 2 aromatic heterocycles. The number of pyridine rings is 1. The lowest BCUT2D eigenvalue weighted by Gasteiger charge is -2.21. The fourth-order valence-corrected chi connectivity index (χ4v) is 3.00. The zero-order valence-corrected chi connectivity index (χ0v) is 12.6. The molecule has 6 nitrogen and oxygen atoms in total. The van der Waals surface area contributed by atoms with Crippen LogP contribution in [-0.2, 0) is 24.3 Å². The number of aryl methyl sites for hydroxylation is 1. The Labute approximate surface area is 133 Å². The maximum Gasteiger partial charge on any atom is 0.225 e. The fraction of sp³-hybridized carbons (Fsp3) is 0.294. The molecule has 1 atom stereocenters. The molecule has 4 rings (SSSR count). The number of carbonyl (C=O) groups excluding carboxylic acids is 1. The highest BCUT2D eigenvalue weighted by Crippen LogP contribution is 2.18. The minimum atomic E-state index is -0.0439. The molecule has 1 aromatic carbocycles. The smallest absolute Gasteiger partial charge is 0.225 e. The van der Waals surface area contributed by atoms with Gasteiger partial charge in [0.15, 0.2) is 0 Å². The number of benzene rings is 1. The first-order valence-corrected chi connectivity index (χ1v) is 7.77. The van der Waals surface area contributed by atoms with Gasteiger partial charge in [-0.05, 0) is 24.1 Å². The van der Waals surface area contributed by atoms with Crippen LogP contribution in [0.3, 0.4) is 0 Å². The van der Waals surface area contributed by atoms with Crippen molar-refractivity contribution in [1.82, 2.24) is 25.1 Å². The normalized spacial score (nSPS) is 17.0. The molecule has 23 heavy (non-hydrogen) atoms. The number of hydrogen-bond acceptors (Lipinski definition) is 4. The number of para-hydroxylation sites is 1. The average molecular weight is 307 g/mol. The maximum atomic E-state index is 12.4. The van der Waals surface area contributed by atoms with Gasteiger partial charge in [-0.15, -0.1) is 0 Å². The van der Waals surface area contributed by atoms with E-state index in [-0.39, 0.29) is 11.8 Å². The van der Waals surface area contributed by atoms with Crippen molar-refractivity contribution in [3.8, 4) is 0 Å². The van der Waals surface area contributed by atoms with Gasteiger partial charge in [0, 0.05) is 24.5 Å². The van der Waals surface area contributed by atoms with Crippen LogP contribution in [0.25, 0.3) is 10.9 Å². The van der Waals surface area contributed by atoms with Crippen LogP contribution in [0.1, 0.15) is 17.8 Å². The van der Waals surface area contributed by atoms with E-state index in [2.05, 4.69) is 26.4 Å². The molecule has 0 radical (unpaired) electrons. The molecule has 0 saturated heterocycles. The lowest BCUT2D eigenvalue weighted by Crippen LogP contribution is -2.36. The molecule has 0 bridgehead atoms. The van der Waals surface area contributed by atoms with E-state index in [4.69, 9.17) is 0 Å². The summed E-state index contributed by atoms with van der Waals surface area (Å²) in [5.74, 6) is 0.990. The molecule has 1 amide bonds. The minimum Gasteiger partial charge on any atom is -0.352 e. The number of carbonyl (C=O) groups is 1. The van der Waals surface area contributed by atoms with E-state index in [0.29, 0.717) is 13.1 Å². The van der Waals surface area contributed by atoms with E-state index in [1.807, 2.05) is 35.1 Å². The van der Waals surface area contributed by atoms with E-state index in [1.165, 1.54) is 0 Å². The van der Waals surface area contributed by atoms with Gasteiger partial charge in [-0.3, -0.25) is 9.78 Å². The van der Waals surface area contributed by atoms with Gasteiger partial charge < -0.3 is 5.32 Å². The third-order valence-electron chi connectivity index (χ3n) is 4.29. The first kappa shape index (κ1) is 13.9. The van der Waals surface area contributed by atoms with Crippen molar-refractivity contribution in [2.45, 2.75) is 25.9 Å². The number of rotatable bonds is 3. The molecule has 1 unspecified atom stereocenters. The largest absolute Gasteiger partial charge is 0.352 e. The molecule has 1 aliphatic heterocycles. The van der Waals surface area contributed by atoms with Crippen molar-refractivity contribution in [3.63, 3.8) is 0 Å². The summed E-state index contributed by atoms with van der Waals surface area (Å²) >= 11 is 0. The van der Waals surface area contributed by atoms with Crippen molar-refractivity contribution < 1.29 is 4.79 Å². The number of nitrogens with zero attached hydrogens (tertiary/aromatic N) is 4. The first-order chi connectivity index (χ1) is 11.3. The molecule has 6 heteroatoms. The lowest BCUT2D eigenvalue weighted by atomic mass is 9.99. The van der Waals surface area contributed by atoms with Crippen molar-refractivity contribution in [2.75, 3.05) is 0 Å². The predicted molar refractivity (Wildman–Crippen MR) is 85.4 cm³/mol. The third kappa shape index (κ3) is 2.79. The van der Waals surface area contributed by atoms with Crippen LogP contribution < -0.4 is 5.32 Å². The zero-order valence-electron chi connectivity index (χ0n) is 12.6. The number of nitrogens with one attached hydrogen (secondary N) is 1. The Morgan fingerprint density at radius 3 is 3.17 bits per heavy atom. The summed E-state index contributed by atoms with van der Waals surface area (Å²) in [7, 11) is 0. The van der Waals surface area contributed by atoms with Crippen LogP contribution in [0.5, 0.6) is 0 Å². The Morgan fingerprint density at radius 1 is 1.30 bits per heavy atom. The van der Waals surface area contributed by atoms with Gasteiger partial charge in [-0.25, -0.2) is 9.67 Å². The topological polar surface area (TPSA) is 72.7 Å². The van der Waals surface area contributed by atoms with Crippen LogP contribution in [0, 0.1) is 5.92 Å². The van der Waals surface area contributed by atoms with E-state index in [0.717, 1.165) is 35.1 Å². The standard InChI is InChI=1S/C17H17N5O/c23-17(14-5-6-16-20-11-21-22(16)10-14)19-9-12-7-13-3-1-2-4-15(13)18-8-12/h1-4,7-8,11,14H,5-6,9-10H2,(H,19,23). The summed E-state index contributed by atoms with van der Waals surface area (Å²) in [6.45, 7) is 1.11. The molecule has 0 spiro atoms. The molecular weight excluding hydrogens is 290 g/mol. The van der Waals surface area contributed by atoms with Gasteiger partial charge >= 0.3 is 0 Å². The molecule has 1 N–H and O–H groups in total. The Balaban J connectivity index is 1.41. The molecule has 0 saturated carbocycles. The van der Waals surface area contributed by atoms with Gasteiger partial charge in [0.25, 0.3) is 0 Å². The second kappa shape index (κ2) is 5.79. The van der Waals surface area contributed by atoms with Crippen LogP contribution in [0.15, 0.2) is 42.9 Å². The Hall–Kier alpha value is -2.76. The number of aromatic nitrogens is 4. The number of fused-ring (bicyclic) bond motifs is 2. The molecule has 3 heterocycles. The Bertz CT molecular complexity index is 857. The summed E-state index contributed by atoms with van der Waals surface area (Å²) in [4.78, 5) is 21.0. The summed E-state index contributed by atoms with van der Waals surface area (Å²) in [6.07, 6.45) is 4.99. The van der Waals surface area contributed by atoms with Gasteiger partial charge in [0.05, 0.1) is 18.0 Å². The average Bonchev–Trinajstić information content (AvgIpc) is 3.07. The summed E-state index contributed by atoms with van der Waals surface area (Å²) in [6, 6.07) is 10.0. The highest BCUT2D eigenvalue weighted by atomic mass is 16.1. The van der Waals surface area contributed by atoms with E-state index in [1.54, 1.807) is 6.33 Å². The summed E-state index contributed by atoms with van der Waals surface area (Å²) in [5.41, 5.74) is 1.97. The maximum absolute atomic E-state index is 12.4. The first-order valence-electron chi connectivity index (χ1n) is 7.77. The summed E-state index contributed by atoms with van der Waals surface area (Å²) < 4.78 is 1.82. The van der Waals surface area contributed by atoms with E-state index >= 15 is 0 Å². The van der Waals surface area contributed by atoms with Gasteiger partial charge in [-0.1, -0.05) is 18.2 Å². The minimum absolute atomic E-state index is 0.0439. The molecule has 3 aromatic rings. The quantitative estimate of drug-likeness (QED) is 0.799. The summed E-state index contributed by atoms with van der Waals surface area (Å²) in [5, 5.41) is 8.26. The van der Waals surface area contributed by atoms with E-state index in [9.17, 15) is 4.79 Å². The van der Waals surface area contributed by atoms with Crippen LogP contribution in [0.4, 0.5) is 0 Å². The van der Waals surface area contributed by atoms with Crippen LogP contribution in [0.2, 0.25) is 0 Å². The van der Waals surface area contributed by atoms with Crippen molar-refractivity contribution >= 4 is 16.8 Å². The second-order valence-corrected chi connectivity index (χ2v) is 5.85. The highest BCUT2D eigenvalue weighted by Gasteiger charge is 2.25. The second-order valence-electron chi connectivity index (χ2n) is 5.85. The number of hydrogen-bond donors (Lipinski definition) is 1. The van der Waals surface area contributed by atoms with Crippen LogP contribution >= 0.6 is 0 Å². The molecule has 1 aliphatic rings. The van der Waals surface area contributed by atoms with Gasteiger partial charge in [0.2, 0.25) is 5.91 Å². The van der Waals surface area contributed by atoms with Gasteiger partial charge in [-0.2, -0.15) is 5.10 Å². The fourth-order valence-electron chi connectivity index (χ4n) is 3.00. The molecule has 0 fully saturated rings. The Morgan fingerprint density at radius 2 is 2.22 bits per heavy atom. The van der Waals surface area contributed by atoms with Crippen molar-refractivity contribution in [2.24, 2.45) is 5.92 Å². The Kier molecular flexibility index (Phi) is 3.49. The van der Waals surface area contributed by atoms with Gasteiger partial charge in [0.1, 0.15) is 12.2 Å². The zero-order chi connectivity index (χ0) is 15.6. The SMILES string of the molecule is O=C(NCc1cnc2ccccc2c1)C1CCc2ncnn2C1. The monoisotopic (exact) mass is 307 g/mol.